The maximum atomic E-state index is 9.03. The summed E-state index contributed by atoms with van der Waals surface area (Å²) in [6.45, 7) is 1.96. The molecule has 0 saturated carbocycles. The van der Waals surface area contributed by atoms with Gasteiger partial charge >= 0.3 is 0 Å². The molecule has 0 radical (unpaired) electrons. The van der Waals surface area contributed by atoms with Crippen molar-refractivity contribution in [2.75, 3.05) is 29.5 Å². The molecule has 1 aliphatic heterocycles. The number of hydrogen-bond donors (Lipinski definition) is 2. The summed E-state index contributed by atoms with van der Waals surface area (Å²) >= 11 is 1.98. The number of hydrogen-bond acceptors (Lipinski definition) is 5. The number of thioether (sulfide) groups is 1. The quantitative estimate of drug-likeness (QED) is 0.375. The molecular weight excluding hydrogens is 272 g/mol. The molecule has 1 fully saturated rings. The van der Waals surface area contributed by atoms with E-state index in [-0.39, 0.29) is 5.84 Å². The Morgan fingerprint density at radius 1 is 1.30 bits per heavy atom. The van der Waals surface area contributed by atoms with E-state index in [1.165, 1.54) is 17.0 Å². The summed E-state index contributed by atoms with van der Waals surface area (Å²) in [5, 5.41) is 12.2. The van der Waals surface area contributed by atoms with Crippen molar-refractivity contribution in [3.05, 3.63) is 22.9 Å². The average Bonchev–Trinajstić information content (AvgIpc) is 2.76. The minimum Gasteiger partial charge on any atom is -0.409 e. The normalized spacial score (nSPS) is 19.8. The SMILES string of the molecule is NC(=NO)c1cc2c(nc1N1CCCSCC1)CCC2. The second-order valence-electron chi connectivity index (χ2n) is 5.26. The van der Waals surface area contributed by atoms with Gasteiger partial charge in [-0.15, -0.1) is 0 Å². The maximum absolute atomic E-state index is 9.03. The number of pyridine rings is 1. The second kappa shape index (κ2) is 5.91. The number of rotatable bonds is 2. The van der Waals surface area contributed by atoms with Gasteiger partial charge in [0, 0.05) is 24.5 Å². The zero-order valence-electron chi connectivity index (χ0n) is 11.5. The van der Waals surface area contributed by atoms with Crippen LogP contribution < -0.4 is 10.6 Å². The van der Waals surface area contributed by atoms with Crippen molar-refractivity contribution in [3.63, 3.8) is 0 Å². The zero-order valence-corrected chi connectivity index (χ0v) is 12.3. The fraction of sp³-hybridized carbons (Fsp3) is 0.571. The van der Waals surface area contributed by atoms with Gasteiger partial charge in [-0.1, -0.05) is 5.16 Å². The lowest BCUT2D eigenvalue weighted by Crippen LogP contribution is -2.30. The summed E-state index contributed by atoms with van der Waals surface area (Å²) in [5.41, 5.74) is 9.08. The summed E-state index contributed by atoms with van der Waals surface area (Å²) in [6, 6.07) is 2.07. The van der Waals surface area contributed by atoms with Crippen LogP contribution in [0.3, 0.4) is 0 Å². The first-order valence-electron chi connectivity index (χ1n) is 7.13. The minimum absolute atomic E-state index is 0.166. The fourth-order valence-corrected chi connectivity index (χ4v) is 3.79. The molecule has 0 aromatic carbocycles. The Morgan fingerprint density at radius 3 is 3.05 bits per heavy atom. The van der Waals surface area contributed by atoms with Crippen LogP contribution in [0.5, 0.6) is 0 Å². The van der Waals surface area contributed by atoms with Crippen molar-refractivity contribution in [2.45, 2.75) is 25.7 Å². The molecule has 2 heterocycles. The monoisotopic (exact) mass is 292 g/mol. The number of nitrogens with two attached hydrogens (primary N) is 1. The third-order valence-electron chi connectivity index (χ3n) is 3.94. The molecule has 0 bridgehead atoms. The number of aryl methyl sites for hydroxylation is 2. The van der Waals surface area contributed by atoms with Crippen molar-refractivity contribution in [1.82, 2.24) is 4.98 Å². The lowest BCUT2D eigenvalue weighted by Gasteiger charge is -2.24. The van der Waals surface area contributed by atoms with Gasteiger partial charge in [0.1, 0.15) is 5.82 Å². The molecule has 20 heavy (non-hydrogen) atoms. The van der Waals surface area contributed by atoms with E-state index in [4.69, 9.17) is 15.9 Å². The molecule has 0 unspecified atom stereocenters. The molecule has 3 rings (SSSR count). The molecule has 3 N–H and O–H groups in total. The van der Waals surface area contributed by atoms with E-state index >= 15 is 0 Å². The Kier molecular flexibility index (Phi) is 4.00. The van der Waals surface area contributed by atoms with Crippen LogP contribution in [0.2, 0.25) is 0 Å². The smallest absolute Gasteiger partial charge is 0.173 e. The summed E-state index contributed by atoms with van der Waals surface area (Å²) < 4.78 is 0. The number of amidine groups is 1. The molecule has 108 valence electrons. The molecular formula is C14H20N4OS. The zero-order chi connectivity index (χ0) is 13.9. The highest BCUT2D eigenvalue weighted by Gasteiger charge is 2.22. The highest BCUT2D eigenvalue weighted by Crippen LogP contribution is 2.28. The Morgan fingerprint density at radius 2 is 2.20 bits per heavy atom. The first-order chi connectivity index (χ1) is 9.79. The van der Waals surface area contributed by atoms with Gasteiger partial charge in [0.25, 0.3) is 0 Å². The second-order valence-corrected chi connectivity index (χ2v) is 6.48. The predicted octanol–water partition coefficient (Wildman–Crippen LogP) is 1.61. The molecule has 1 aromatic heterocycles. The number of anilines is 1. The highest BCUT2D eigenvalue weighted by molar-refractivity contribution is 7.99. The molecule has 0 atom stereocenters. The van der Waals surface area contributed by atoms with Gasteiger partial charge in [-0.2, -0.15) is 11.8 Å². The van der Waals surface area contributed by atoms with Gasteiger partial charge in [-0.05, 0) is 43.1 Å². The van der Waals surface area contributed by atoms with Crippen molar-refractivity contribution in [3.8, 4) is 0 Å². The van der Waals surface area contributed by atoms with Gasteiger partial charge < -0.3 is 15.8 Å². The molecule has 5 nitrogen and oxygen atoms in total. The van der Waals surface area contributed by atoms with Crippen molar-refractivity contribution < 1.29 is 5.21 Å². The van der Waals surface area contributed by atoms with Gasteiger partial charge in [-0.25, -0.2) is 4.98 Å². The van der Waals surface area contributed by atoms with Crippen LogP contribution in [0.15, 0.2) is 11.2 Å². The summed E-state index contributed by atoms with van der Waals surface area (Å²) in [5.74, 6) is 3.36. The summed E-state index contributed by atoms with van der Waals surface area (Å²) in [4.78, 5) is 7.12. The van der Waals surface area contributed by atoms with Crippen LogP contribution >= 0.6 is 11.8 Å². The lowest BCUT2D eigenvalue weighted by atomic mass is 10.1. The summed E-state index contributed by atoms with van der Waals surface area (Å²) in [7, 11) is 0. The molecule has 2 aliphatic rings. The van der Waals surface area contributed by atoms with Gasteiger partial charge in [-0.3, -0.25) is 0 Å². The average molecular weight is 292 g/mol. The predicted molar refractivity (Wildman–Crippen MR) is 82.9 cm³/mol. The van der Waals surface area contributed by atoms with E-state index in [0.717, 1.165) is 55.9 Å². The molecule has 0 spiro atoms. The van der Waals surface area contributed by atoms with Gasteiger partial charge in [0.05, 0.1) is 5.56 Å². The number of fused-ring (bicyclic) bond motifs is 1. The van der Waals surface area contributed by atoms with E-state index < -0.39 is 0 Å². The van der Waals surface area contributed by atoms with Crippen molar-refractivity contribution in [1.29, 1.82) is 0 Å². The number of nitrogens with zero attached hydrogens (tertiary/aromatic N) is 3. The first-order valence-corrected chi connectivity index (χ1v) is 8.28. The van der Waals surface area contributed by atoms with Gasteiger partial charge in [0.2, 0.25) is 0 Å². The van der Waals surface area contributed by atoms with E-state index in [9.17, 15) is 0 Å². The van der Waals surface area contributed by atoms with Crippen LogP contribution in [-0.2, 0) is 12.8 Å². The Labute approximate surface area is 123 Å². The molecule has 1 aliphatic carbocycles. The Hall–Kier alpha value is -1.43. The van der Waals surface area contributed by atoms with Crippen molar-refractivity contribution >= 4 is 23.4 Å². The minimum atomic E-state index is 0.166. The third kappa shape index (κ3) is 2.57. The van der Waals surface area contributed by atoms with Crippen LogP contribution in [0.25, 0.3) is 0 Å². The number of aromatic nitrogens is 1. The summed E-state index contributed by atoms with van der Waals surface area (Å²) in [6.07, 6.45) is 4.39. The van der Waals surface area contributed by atoms with Crippen molar-refractivity contribution in [2.24, 2.45) is 10.9 Å². The van der Waals surface area contributed by atoms with Crippen LogP contribution in [0, 0.1) is 0 Å². The highest BCUT2D eigenvalue weighted by atomic mass is 32.2. The maximum Gasteiger partial charge on any atom is 0.173 e. The molecule has 1 aromatic rings. The molecule has 0 amide bonds. The van der Waals surface area contributed by atoms with Crippen LogP contribution in [0.4, 0.5) is 5.82 Å². The number of oxime groups is 1. The van der Waals surface area contributed by atoms with Crippen LogP contribution in [-0.4, -0.2) is 40.6 Å². The lowest BCUT2D eigenvalue weighted by molar-refractivity contribution is 0.318. The van der Waals surface area contributed by atoms with E-state index in [0.29, 0.717) is 0 Å². The van der Waals surface area contributed by atoms with E-state index in [1.807, 2.05) is 11.8 Å². The first kappa shape index (κ1) is 13.5. The van der Waals surface area contributed by atoms with E-state index in [2.05, 4.69) is 16.1 Å². The Bertz CT molecular complexity index is 524. The largest absolute Gasteiger partial charge is 0.409 e. The molecule has 6 heteroatoms. The van der Waals surface area contributed by atoms with E-state index in [1.54, 1.807) is 0 Å². The van der Waals surface area contributed by atoms with Crippen LogP contribution in [0.1, 0.15) is 29.7 Å². The Balaban J connectivity index is 2.02. The fourth-order valence-electron chi connectivity index (χ4n) is 2.90. The third-order valence-corrected chi connectivity index (χ3v) is 4.98. The standard InChI is InChI=1S/C14H20N4OS/c15-13(17-19)11-9-10-3-1-4-12(10)16-14(11)18-5-2-7-20-8-6-18/h9,19H,1-8H2,(H2,15,17). The van der Waals surface area contributed by atoms with Gasteiger partial charge in [0.15, 0.2) is 5.84 Å². The molecule has 1 saturated heterocycles. The topological polar surface area (TPSA) is 74.7 Å².